The number of esters is 1. The molecule has 0 aromatic heterocycles. The van der Waals surface area contributed by atoms with Gasteiger partial charge >= 0.3 is 5.97 Å². The Hall–Kier alpha value is -2.39. The van der Waals surface area contributed by atoms with Gasteiger partial charge in [0.15, 0.2) is 6.61 Å². The lowest BCUT2D eigenvalue weighted by atomic mass is 10.2. The van der Waals surface area contributed by atoms with Crippen molar-refractivity contribution in [1.82, 2.24) is 5.32 Å². The lowest BCUT2D eigenvalue weighted by Crippen LogP contribution is -2.30. The molecule has 1 fully saturated rings. The van der Waals surface area contributed by atoms with Gasteiger partial charge in [-0.05, 0) is 55.3 Å². The lowest BCUT2D eigenvalue weighted by molar-refractivity contribution is -0.124. The van der Waals surface area contributed by atoms with Crippen molar-refractivity contribution >= 4 is 43.5 Å². The fourth-order valence-electron chi connectivity index (χ4n) is 2.25. The van der Waals surface area contributed by atoms with Crippen LogP contribution >= 0.6 is 15.9 Å². The highest BCUT2D eigenvalue weighted by Crippen LogP contribution is 2.20. The Morgan fingerprint density at radius 2 is 1.81 bits per heavy atom. The molecule has 1 saturated carbocycles. The zero-order valence-electron chi connectivity index (χ0n) is 14.1. The average molecular weight is 453 g/mol. The first-order valence-electron chi connectivity index (χ1n) is 8.18. The van der Waals surface area contributed by atoms with Crippen LogP contribution in [0, 0.1) is 0 Å². The number of carbonyl (C=O) groups excluding carboxylic acids is 2. The van der Waals surface area contributed by atoms with Gasteiger partial charge in [-0.3, -0.25) is 9.52 Å². The number of sulfonamides is 1. The van der Waals surface area contributed by atoms with Crippen LogP contribution in [-0.2, 0) is 19.6 Å². The second-order valence-electron chi connectivity index (χ2n) is 6.06. The van der Waals surface area contributed by atoms with Crippen molar-refractivity contribution in [2.75, 3.05) is 11.3 Å². The number of hydrogen-bond acceptors (Lipinski definition) is 5. The summed E-state index contributed by atoms with van der Waals surface area (Å²) in [5, 5.41) is 2.71. The van der Waals surface area contributed by atoms with Crippen LogP contribution in [0.3, 0.4) is 0 Å². The SMILES string of the molecule is O=C(COC(=O)c1cccc(NS(=O)(=O)c2ccc(Br)cc2)c1)NC1CC1. The van der Waals surface area contributed by atoms with Crippen molar-refractivity contribution in [3.05, 3.63) is 58.6 Å². The minimum Gasteiger partial charge on any atom is -0.452 e. The second kappa shape index (κ2) is 8.10. The van der Waals surface area contributed by atoms with Gasteiger partial charge in [0.25, 0.3) is 15.9 Å². The van der Waals surface area contributed by atoms with Crippen LogP contribution in [0.5, 0.6) is 0 Å². The standard InChI is InChI=1S/C18H17BrN2O5S/c19-13-4-8-16(9-5-13)27(24,25)21-15-3-1-2-12(10-15)18(23)26-11-17(22)20-14-6-7-14/h1-5,8-10,14,21H,6-7,11H2,(H,20,22). The molecule has 1 aliphatic carbocycles. The fourth-order valence-corrected chi connectivity index (χ4v) is 3.56. The first-order chi connectivity index (χ1) is 12.8. The molecule has 2 N–H and O–H groups in total. The van der Waals surface area contributed by atoms with Crippen molar-refractivity contribution in [3.8, 4) is 0 Å². The van der Waals surface area contributed by atoms with E-state index in [1.165, 1.54) is 36.4 Å². The fraction of sp³-hybridized carbons (Fsp3) is 0.222. The summed E-state index contributed by atoms with van der Waals surface area (Å²) in [6.45, 7) is -0.371. The lowest BCUT2D eigenvalue weighted by Gasteiger charge is -2.10. The molecule has 0 saturated heterocycles. The molecule has 0 heterocycles. The van der Waals surface area contributed by atoms with Gasteiger partial charge in [0.1, 0.15) is 0 Å². The summed E-state index contributed by atoms with van der Waals surface area (Å²) in [6, 6.07) is 12.2. The van der Waals surface area contributed by atoms with Crippen LogP contribution in [0.15, 0.2) is 57.9 Å². The molecule has 0 radical (unpaired) electrons. The maximum absolute atomic E-state index is 12.4. The van der Waals surface area contributed by atoms with Crippen molar-refractivity contribution in [1.29, 1.82) is 0 Å². The predicted octanol–water partition coefficient (Wildman–Crippen LogP) is 2.69. The molecule has 7 nitrogen and oxygen atoms in total. The Labute approximate surface area is 165 Å². The molecule has 0 aliphatic heterocycles. The van der Waals surface area contributed by atoms with E-state index in [0.717, 1.165) is 17.3 Å². The average Bonchev–Trinajstić information content (AvgIpc) is 3.44. The monoisotopic (exact) mass is 452 g/mol. The molecular formula is C18H17BrN2O5S. The minimum absolute atomic E-state index is 0.0930. The highest BCUT2D eigenvalue weighted by atomic mass is 79.9. The van der Waals surface area contributed by atoms with Gasteiger partial charge in [-0.2, -0.15) is 0 Å². The molecule has 2 aromatic rings. The van der Waals surface area contributed by atoms with E-state index in [-0.39, 0.29) is 34.7 Å². The highest BCUT2D eigenvalue weighted by molar-refractivity contribution is 9.10. The molecule has 3 rings (SSSR count). The first-order valence-corrected chi connectivity index (χ1v) is 10.5. The smallest absolute Gasteiger partial charge is 0.338 e. The molecule has 0 bridgehead atoms. The Morgan fingerprint density at radius 1 is 1.11 bits per heavy atom. The highest BCUT2D eigenvalue weighted by Gasteiger charge is 2.23. The number of amides is 1. The summed E-state index contributed by atoms with van der Waals surface area (Å²) in [7, 11) is -3.79. The number of halogens is 1. The molecule has 0 spiro atoms. The number of benzene rings is 2. The summed E-state index contributed by atoms with van der Waals surface area (Å²) in [5.41, 5.74) is 0.361. The van der Waals surface area contributed by atoms with Crippen LogP contribution in [0.4, 0.5) is 5.69 Å². The number of nitrogens with one attached hydrogen (secondary N) is 2. The van der Waals surface area contributed by atoms with E-state index in [9.17, 15) is 18.0 Å². The number of anilines is 1. The largest absolute Gasteiger partial charge is 0.452 e. The normalized spacial score (nSPS) is 13.7. The Morgan fingerprint density at radius 3 is 2.48 bits per heavy atom. The topological polar surface area (TPSA) is 102 Å². The summed E-state index contributed by atoms with van der Waals surface area (Å²) < 4.78 is 33.0. The second-order valence-corrected chi connectivity index (χ2v) is 8.66. The van der Waals surface area contributed by atoms with E-state index in [2.05, 4.69) is 26.0 Å². The first kappa shape index (κ1) is 19.4. The summed E-state index contributed by atoms with van der Waals surface area (Å²) in [5.74, 6) is -1.05. The zero-order chi connectivity index (χ0) is 19.4. The van der Waals surface area contributed by atoms with Crippen LogP contribution in [0.2, 0.25) is 0 Å². The number of hydrogen-bond donors (Lipinski definition) is 2. The predicted molar refractivity (Wildman–Crippen MR) is 103 cm³/mol. The van der Waals surface area contributed by atoms with Crippen molar-refractivity contribution in [2.24, 2.45) is 0 Å². The molecule has 142 valence electrons. The van der Waals surface area contributed by atoms with Crippen LogP contribution in [-0.4, -0.2) is 32.9 Å². The summed E-state index contributed by atoms with van der Waals surface area (Å²) in [4.78, 5) is 23.8. The Balaban J connectivity index is 1.64. The Bertz CT molecular complexity index is 956. The van der Waals surface area contributed by atoms with Gasteiger partial charge in [-0.25, -0.2) is 13.2 Å². The molecule has 9 heteroatoms. The van der Waals surface area contributed by atoms with Crippen molar-refractivity contribution in [2.45, 2.75) is 23.8 Å². The van der Waals surface area contributed by atoms with Crippen LogP contribution in [0.25, 0.3) is 0 Å². The number of rotatable bonds is 7. The molecule has 0 atom stereocenters. The van der Waals surface area contributed by atoms with Crippen LogP contribution in [0.1, 0.15) is 23.2 Å². The van der Waals surface area contributed by atoms with E-state index in [0.29, 0.717) is 0 Å². The summed E-state index contributed by atoms with van der Waals surface area (Å²) >= 11 is 3.25. The molecule has 1 aliphatic rings. The van der Waals surface area contributed by atoms with E-state index in [1.807, 2.05) is 0 Å². The molecule has 2 aromatic carbocycles. The van der Waals surface area contributed by atoms with E-state index >= 15 is 0 Å². The quantitative estimate of drug-likeness (QED) is 0.628. The minimum atomic E-state index is -3.79. The van der Waals surface area contributed by atoms with Gasteiger partial charge in [-0.1, -0.05) is 22.0 Å². The summed E-state index contributed by atoms with van der Waals surface area (Å²) in [6.07, 6.45) is 1.89. The van der Waals surface area contributed by atoms with Gasteiger partial charge in [-0.15, -0.1) is 0 Å². The van der Waals surface area contributed by atoms with Gasteiger partial charge in [0, 0.05) is 16.2 Å². The molecular weight excluding hydrogens is 436 g/mol. The van der Waals surface area contributed by atoms with Gasteiger partial charge in [0.2, 0.25) is 0 Å². The molecule has 0 unspecified atom stereocenters. The van der Waals surface area contributed by atoms with E-state index in [1.54, 1.807) is 12.1 Å². The number of carbonyl (C=O) groups is 2. The Kier molecular flexibility index (Phi) is 5.81. The van der Waals surface area contributed by atoms with Gasteiger partial charge < -0.3 is 10.1 Å². The third-order valence-corrected chi connectivity index (χ3v) is 5.68. The maximum Gasteiger partial charge on any atom is 0.338 e. The third kappa shape index (κ3) is 5.54. The maximum atomic E-state index is 12.4. The third-order valence-electron chi connectivity index (χ3n) is 3.75. The van der Waals surface area contributed by atoms with Crippen molar-refractivity contribution < 1.29 is 22.7 Å². The van der Waals surface area contributed by atoms with Gasteiger partial charge in [0.05, 0.1) is 10.5 Å². The number of ether oxygens (including phenoxy) is 1. The molecule has 1 amide bonds. The van der Waals surface area contributed by atoms with Crippen LogP contribution < -0.4 is 10.0 Å². The molecule has 27 heavy (non-hydrogen) atoms. The van der Waals surface area contributed by atoms with Crippen molar-refractivity contribution in [3.63, 3.8) is 0 Å². The van der Waals surface area contributed by atoms with E-state index < -0.39 is 16.0 Å². The van der Waals surface area contributed by atoms with E-state index in [4.69, 9.17) is 4.74 Å². The zero-order valence-corrected chi connectivity index (χ0v) is 16.5.